The van der Waals surface area contributed by atoms with Crippen molar-refractivity contribution in [1.29, 1.82) is 0 Å². The van der Waals surface area contributed by atoms with Crippen LogP contribution >= 0.6 is 15.9 Å². The standard InChI is InChI=1S/C15H12BrN3O2/c16-9-4-5-11-12(7-9)19-15(21)13(11)18-10-3-1-2-8(6-10)14(17)20/h1-7,13,18H,(H2,17,20)(H,19,21). The molecule has 1 aliphatic heterocycles. The first kappa shape index (κ1) is 13.6. The lowest BCUT2D eigenvalue weighted by Gasteiger charge is -2.13. The van der Waals surface area contributed by atoms with Gasteiger partial charge in [-0.25, -0.2) is 0 Å². The fraction of sp³-hybridized carbons (Fsp3) is 0.0667. The van der Waals surface area contributed by atoms with Gasteiger partial charge in [0.15, 0.2) is 0 Å². The number of nitrogens with one attached hydrogen (secondary N) is 2. The van der Waals surface area contributed by atoms with Gasteiger partial charge in [0.25, 0.3) is 5.91 Å². The maximum atomic E-state index is 12.1. The molecule has 0 aromatic heterocycles. The predicted molar refractivity (Wildman–Crippen MR) is 84.1 cm³/mol. The van der Waals surface area contributed by atoms with Crippen LogP contribution in [-0.4, -0.2) is 11.8 Å². The maximum absolute atomic E-state index is 12.1. The Kier molecular flexibility index (Phi) is 3.39. The topological polar surface area (TPSA) is 84.2 Å². The zero-order chi connectivity index (χ0) is 15.0. The molecule has 4 N–H and O–H groups in total. The van der Waals surface area contributed by atoms with E-state index in [9.17, 15) is 9.59 Å². The largest absolute Gasteiger partial charge is 0.370 e. The second-order valence-corrected chi connectivity index (χ2v) is 5.66. The number of rotatable bonds is 3. The second kappa shape index (κ2) is 5.21. The van der Waals surface area contributed by atoms with E-state index < -0.39 is 11.9 Å². The summed E-state index contributed by atoms with van der Waals surface area (Å²) in [7, 11) is 0. The van der Waals surface area contributed by atoms with Crippen LogP contribution in [-0.2, 0) is 4.79 Å². The van der Waals surface area contributed by atoms with Crippen LogP contribution in [0.2, 0.25) is 0 Å². The Labute approximate surface area is 129 Å². The molecule has 2 aromatic rings. The molecule has 106 valence electrons. The third-order valence-corrected chi connectivity index (χ3v) is 3.80. The van der Waals surface area contributed by atoms with E-state index in [0.29, 0.717) is 11.3 Å². The number of hydrogen-bond donors (Lipinski definition) is 3. The highest BCUT2D eigenvalue weighted by Gasteiger charge is 2.30. The van der Waals surface area contributed by atoms with E-state index in [2.05, 4.69) is 26.6 Å². The van der Waals surface area contributed by atoms with Crippen molar-refractivity contribution >= 4 is 39.1 Å². The Morgan fingerprint density at radius 3 is 2.81 bits per heavy atom. The molecule has 1 aliphatic rings. The molecule has 21 heavy (non-hydrogen) atoms. The number of fused-ring (bicyclic) bond motifs is 1. The minimum Gasteiger partial charge on any atom is -0.370 e. The van der Waals surface area contributed by atoms with Crippen LogP contribution in [0.1, 0.15) is 22.0 Å². The fourth-order valence-electron chi connectivity index (χ4n) is 2.31. The van der Waals surface area contributed by atoms with Crippen molar-refractivity contribution in [2.24, 2.45) is 5.73 Å². The molecule has 0 saturated carbocycles. The van der Waals surface area contributed by atoms with Crippen molar-refractivity contribution in [3.8, 4) is 0 Å². The minimum atomic E-state index is -0.501. The number of carbonyl (C=O) groups excluding carboxylic acids is 2. The lowest BCUT2D eigenvalue weighted by molar-refractivity contribution is -0.116. The summed E-state index contributed by atoms with van der Waals surface area (Å²) in [6.45, 7) is 0. The summed E-state index contributed by atoms with van der Waals surface area (Å²) in [5.41, 5.74) is 7.97. The SMILES string of the molecule is NC(=O)c1cccc(NC2C(=O)Nc3cc(Br)ccc32)c1. The highest BCUT2D eigenvalue weighted by atomic mass is 79.9. The third-order valence-electron chi connectivity index (χ3n) is 3.30. The molecule has 2 aromatic carbocycles. The van der Waals surface area contributed by atoms with E-state index in [0.717, 1.165) is 15.7 Å². The summed E-state index contributed by atoms with van der Waals surface area (Å²) in [6.07, 6.45) is 0. The monoisotopic (exact) mass is 345 g/mol. The van der Waals surface area contributed by atoms with Crippen LogP contribution in [0, 0.1) is 0 Å². The molecule has 0 aliphatic carbocycles. The summed E-state index contributed by atoms with van der Waals surface area (Å²) in [5, 5.41) is 5.95. The van der Waals surface area contributed by atoms with E-state index in [-0.39, 0.29) is 5.91 Å². The van der Waals surface area contributed by atoms with Gasteiger partial charge in [-0.1, -0.05) is 28.1 Å². The fourth-order valence-corrected chi connectivity index (χ4v) is 2.67. The van der Waals surface area contributed by atoms with Gasteiger partial charge in [-0.05, 0) is 30.3 Å². The van der Waals surface area contributed by atoms with Gasteiger partial charge in [0, 0.05) is 27.0 Å². The molecule has 3 rings (SSSR count). The van der Waals surface area contributed by atoms with E-state index in [1.807, 2.05) is 18.2 Å². The maximum Gasteiger partial charge on any atom is 0.251 e. The highest BCUT2D eigenvalue weighted by molar-refractivity contribution is 9.10. The van der Waals surface area contributed by atoms with Crippen molar-refractivity contribution in [1.82, 2.24) is 0 Å². The predicted octanol–water partition coefficient (Wildman–Crippen LogP) is 2.65. The molecule has 1 atom stereocenters. The number of benzene rings is 2. The Morgan fingerprint density at radius 2 is 2.05 bits per heavy atom. The molecular weight excluding hydrogens is 334 g/mol. The number of amides is 2. The summed E-state index contributed by atoms with van der Waals surface area (Å²) in [6, 6.07) is 11.9. The van der Waals surface area contributed by atoms with Crippen molar-refractivity contribution in [2.75, 3.05) is 10.6 Å². The Balaban J connectivity index is 1.91. The van der Waals surface area contributed by atoms with Crippen molar-refractivity contribution in [3.05, 3.63) is 58.1 Å². The van der Waals surface area contributed by atoms with Crippen molar-refractivity contribution in [3.63, 3.8) is 0 Å². The zero-order valence-corrected chi connectivity index (χ0v) is 12.5. The van der Waals surface area contributed by atoms with E-state index >= 15 is 0 Å². The number of halogens is 1. The Morgan fingerprint density at radius 1 is 1.24 bits per heavy atom. The first-order valence-electron chi connectivity index (χ1n) is 6.31. The Hall–Kier alpha value is -2.34. The van der Waals surface area contributed by atoms with Gasteiger partial charge in [-0.3, -0.25) is 9.59 Å². The number of primary amides is 1. The van der Waals surface area contributed by atoms with Gasteiger partial charge in [-0.2, -0.15) is 0 Å². The summed E-state index contributed by atoms with van der Waals surface area (Å²) >= 11 is 3.37. The molecule has 1 heterocycles. The molecule has 2 amide bonds. The van der Waals surface area contributed by atoms with E-state index in [1.165, 1.54) is 0 Å². The van der Waals surface area contributed by atoms with E-state index in [4.69, 9.17) is 5.73 Å². The van der Waals surface area contributed by atoms with Crippen LogP contribution in [0.4, 0.5) is 11.4 Å². The molecule has 6 heteroatoms. The smallest absolute Gasteiger partial charge is 0.251 e. The van der Waals surface area contributed by atoms with Crippen LogP contribution in [0.25, 0.3) is 0 Å². The highest BCUT2D eigenvalue weighted by Crippen LogP contribution is 2.35. The molecule has 5 nitrogen and oxygen atoms in total. The van der Waals surface area contributed by atoms with Gasteiger partial charge in [-0.15, -0.1) is 0 Å². The molecule has 0 fully saturated rings. The molecule has 0 bridgehead atoms. The minimum absolute atomic E-state index is 0.132. The van der Waals surface area contributed by atoms with Crippen molar-refractivity contribution in [2.45, 2.75) is 6.04 Å². The van der Waals surface area contributed by atoms with Crippen LogP contribution in [0.5, 0.6) is 0 Å². The second-order valence-electron chi connectivity index (χ2n) is 4.74. The van der Waals surface area contributed by atoms with Gasteiger partial charge in [0.05, 0.1) is 0 Å². The molecule has 0 spiro atoms. The first-order valence-corrected chi connectivity index (χ1v) is 7.10. The molecule has 1 unspecified atom stereocenters. The number of nitrogens with two attached hydrogens (primary N) is 1. The molecular formula is C15H12BrN3O2. The normalized spacial score (nSPS) is 16.2. The number of hydrogen-bond acceptors (Lipinski definition) is 3. The summed E-state index contributed by atoms with van der Waals surface area (Å²) in [5.74, 6) is -0.633. The van der Waals surface area contributed by atoms with Crippen LogP contribution < -0.4 is 16.4 Å². The van der Waals surface area contributed by atoms with E-state index in [1.54, 1.807) is 24.3 Å². The van der Waals surface area contributed by atoms with Gasteiger partial charge < -0.3 is 16.4 Å². The number of carbonyl (C=O) groups is 2. The Bertz CT molecular complexity index is 745. The van der Waals surface area contributed by atoms with Gasteiger partial charge in [0.2, 0.25) is 5.91 Å². The lowest BCUT2D eigenvalue weighted by atomic mass is 10.1. The average Bonchev–Trinajstić information content (AvgIpc) is 2.74. The first-order chi connectivity index (χ1) is 10.0. The lowest BCUT2D eigenvalue weighted by Crippen LogP contribution is -2.20. The van der Waals surface area contributed by atoms with Crippen molar-refractivity contribution < 1.29 is 9.59 Å². The van der Waals surface area contributed by atoms with Gasteiger partial charge in [0.1, 0.15) is 6.04 Å². The van der Waals surface area contributed by atoms with Crippen LogP contribution in [0.15, 0.2) is 46.9 Å². The summed E-state index contributed by atoms with van der Waals surface area (Å²) < 4.78 is 0.901. The third kappa shape index (κ3) is 2.62. The number of anilines is 2. The van der Waals surface area contributed by atoms with Crippen LogP contribution in [0.3, 0.4) is 0 Å². The zero-order valence-electron chi connectivity index (χ0n) is 10.9. The van der Waals surface area contributed by atoms with Gasteiger partial charge >= 0.3 is 0 Å². The summed E-state index contributed by atoms with van der Waals surface area (Å²) in [4.78, 5) is 23.3. The molecule has 0 radical (unpaired) electrons. The average molecular weight is 346 g/mol. The quantitative estimate of drug-likeness (QED) is 0.799. The molecule has 0 saturated heterocycles.